The van der Waals surface area contributed by atoms with Crippen molar-refractivity contribution in [3.63, 3.8) is 0 Å². The number of benzene rings is 2. The summed E-state index contributed by atoms with van der Waals surface area (Å²) < 4.78 is 6.44. The molecule has 4 heterocycles. The Morgan fingerprint density at radius 3 is 2.68 bits per heavy atom. The fraction of sp³-hybridized carbons (Fsp3) is 0.429. The van der Waals surface area contributed by atoms with Crippen LogP contribution in [0.3, 0.4) is 0 Å². The molecule has 6 rings (SSSR count). The molecule has 0 unspecified atom stereocenters. The van der Waals surface area contributed by atoms with Crippen molar-refractivity contribution in [2.75, 3.05) is 44.3 Å². The second-order valence-corrected chi connectivity index (χ2v) is 11.8. The van der Waals surface area contributed by atoms with Crippen LogP contribution in [0.2, 0.25) is 0 Å². The lowest BCUT2D eigenvalue weighted by molar-refractivity contribution is -0.145. The van der Waals surface area contributed by atoms with Gasteiger partial charge in [0, 0.05) is 46.3 Å². The molecule has 0 radical (unpaired) electrons. The van der Waals surface area contributed by atoms with E-state index in [9.17, 15) is 14.4 Å². The largest absolute Gasteiger partial charge is 0.377 e. The van der Waals surface area contributed by atoms with Crippen molar-refractivity contribution in [2.45, 2.75) is 37.6 Å². The molecule has 9 nitrogen and oxygen atoms in total. The lowest BCUT2D eigenvalue weighted by atomic mass is 9.73. The molecule has 3 amide bonds. The Morgan fingerprint density at radius 1 is 1.13 bits per heavy atom. The van der Waals surface area contributed by atoms with E-state index in [0.29, 0.717) is 51.3 Å². The molecule has 2 saturated heterocycles. The lowest BCUT2D eigenvalue weighted by Gasteiger charge is -2.43. The van der Waals surface area contributed by atoms with Crippen LogP contribution in [0.25, 0.3) is 10.9 Å². The van der Waals surface area contributed by atoms with Crippen molar-refractivity contribution in [1.29, 1.82) is 0 Å². The maximum Gasteiger partial charge on any atom is 0.253 e. The zero-order valence-corrected chi connectivity index (χ0v) is 23.1. The summed E-state index contributed by atoms with van der Waals surface area (Å²) in [5.41, 5.74) is 1.98. The van der Waals surface area contributed by atoms with E-state index in [1.54, 1.807) is 17.2 Å². The van der Waals surface area contributed by atoms with Crippen LogP contribution in [-0.2, 0) is 19.7 Å². The molecule has 0 saturated carbocycles. The molecule has 10 heteroatoms. The van der Waals surface area contributed by atoms with Gasteiger partial charge in [0.1, 0.15) is 6.54 Å². The zero-order valence-electron chi connectivity index (χ0n) is 21.5. The number of likely N-dealkylation sites (tertiary alicyclic amines) is 1. The summed E-state index contributed by atoms with van der Waals surface area (Å²) in [6.45, 7) is 6.33. The predicted molar refractivity (Wildman–Crippen MR) is 146 cm³/mol. The molecule has 0 atom stereocenters. The second-order valence-electron chi connectivity index (χ2n) is 11.0. The number of hydrogen-bond donors (Lipinski definition) is 1. The molecule has 3 aliphatic rings. The number of nitrogens with zero attached hydrogens (tertiary/aromatic N) is 4. The number of hydrogen-bond acceptors (Lipinski definition) is 5. The molecule has 1 aromatic heterocycles. The number of nitrogens with one attached hydrogen (secondary N) is 1. The van der Waals surface area contributed by atoms with Gasteiger partial charge in [-0.05, 0) is 57.0 Å². The molecule has 38 heavy (non-hydrogen) atoms. The van der Waals surface area contributed by atoms with Gasteiger partial charge in [0.2, 0.25) is 11.8 Å². The van der Waals surface area contributed by atoms with Crippen LogP contribution >= 0.6 is 15.9 Å². The number of anilines is 1. The highest BCUT2D eigenvalue weighted by Crippen LogP contribution is 2.51. The molecular weight excluding hydrogens is 550 g/mol. The normalized spacial score (nSPS) is 20.3. The highest BCUT2D eigenvalue weighted by molar-refractivity contribution is 9.10. The quantitative estimate of drug-likeness (QED) is 0.512. The van der Waals surface area contributed by atoms with Gasteiger partial charge in [-0.2, -0.15) is 5.10 Å². The number of carbonyl (C=O) groups is 3. The molecule has 1 N–H and O–H groups in total. The fourth-order valence-corrected chi connectivity index (χ4v) is 6.93. The smallest absolute Gasteiger partial charge is 0.253 e. The van der Waals surface area contributed by atoms with E-state index >= 15 is 0 Å². The molecule has 2 aromatic carbocycles. The molecule has 3 aliphatic heterocycles. The number of ether oxygens (including phenoxy) is 1. The van der Waals surface area contributed by atoms with Crippen LogP contribution in [-0.4, -0.2) is 82.7 Å². The van der Waals surface area contributed by atoms with Crippen molar-refractivity contribution >= 4 is 50.2 Å². The first-order valence-corrected chi connectivity index (χ1v) is 13.7. The van der Waals surface area contributed by atoms with Crippen molar-refractivity contribution < 1.29 is 19.1 Å². The van der Waals surface area contributed by atoms with E-state index in [2.05, 4.69) is 26.1 Å². The third-order valence-corrected chi connectivity index (χ3v) is 8.91. The summed E-state index contributed by atoms with van der Waals surface area (Å²) in [6, 6.07) is 11.3. The highest BCUT2D eigenvalue weighted by atomic mass is 79.9. The number of carbonyl (C=O) groups excluding carboxylic acids is 3. The van der Waals surface area contributed by atoms with Crippen LogP contribution in [0.4, 0.5) is 5.69 Å². The van der Waals surface area contributed by atoms with E-state index < -0.39 is 11.0 Å². The van der Waals surface area contributed by atoms with Crippen molar-refractivity contribution in [3.8, 4) is 0 Å². The van der Waals surface area contributed by atoms with Crippen LogP contribution in [0.15, 0.2) is 47.1 Å². The molecule has 0 bridgehead atoms. The van der Waals surface area contributed by atoms with Gasteiger partial charge in [-0.25, -0.2) is 0 Å². The number of aromatic nitrogens is 2. The van der Waals surface area contributed by atoms with Crippen LogP contribution in [0, 0.1) is 0 Å². The molecule has 198 valence electrons. The highest BCUT2D eigenvalue weighted by Gasteiger charge is 2.54. The van der Waals surface area contributed by atoms with Gasteiger partial charge in [-0.3, -0.25) is 19.5 Å². The van der Waals surface area contributed by atoms with Gasteiger partial charge in [0.05, 0.1) is 35.9 Å². The monoisotopic (exact) mass is 579 g/mol. The van der Waals surface area contributed by atoms with Crippen LogP contribution < -0.4 is 4.90 Å². The van der Waals surface area contributed by atoms with Gasteiger partial charge >= 0.3 is 0 Å². The van der Waals surface area contributed by atoms with Crippen molar-refractivity contribution in [3.05, 3.63) is 58.2 Å². The first-order chi connectivity index (χ1) is 18.2. The molecule has 1 spiro atoms. The Labute approximate surface area is 229 Å². The van der Waals surface area contributed by atoms with Crippen LogP contribution in [0.1, 0.15) is 42.6 Å². The maximum absolute atomic E-state index is 14.1. The molecule has 0 aliphatic carbocycles. The van der Waals surface area contributed by atoms with Crippen molar-refractivity contribution in [1.82, 2.24) is 20.0 Å². The Bertz CT molecular complexity index is 1440. The lowest BCUT2D eigenvalue weighted by Crippen LogP contribution is -2.58. The first-order valence-electron chi connectivity index (χ1n) is 12.9. The standard InChI is InChI=1S/C28H30BrN5O4/c1-27(2)17-38-13-12-34(27)23(35)16-33-22-5-3-4-20(29)24(22)28(26(33)37)8-10-32(11-9-28)25(36)18-6-7-21-19(14-18)15-30-31-21/h3-7,14-15H,8-13,16-17H2,1-2H3,(H,30,31). The summed E-state index contributed by atoms with van der Waals surface area (Å²) >= 11 is 3.69. The van der Waals surface area contributed by atoms with E-state index in [1.165, 1.54) is 0 Å². The predicted octanol–water partition coefficient (Wildman–Crippen LogP) is 3.48. The minimum atomic E-state index is -0.776. The number of fused-ring (bicyclic) bond motifs is 3. The van der Waals surface area contributed by atoms with Crippen molar-refractivity contribution in [2.24, 2.45) is 0 Å². The summed E-state index contributed by atoms with van der Waals surface area (Å²) in [6.07, 6.45) is 2.70. The molecule has 2 fully saturated rings. The average molecular weight is 580 g/mol. The summed E-state index contributed by atoms with van der Waals surface area (Å²) in [7, 11) is 0. The summed E-state index contributed by atoms with van der Waals surface area (Å²) in [4.78, 5) is 46.2. The Morgan fingerprint density at radius 2 is 1.92 bits per heavy atom. The maximum atomic E-state index is 14.1. The van der Waals surface area contributed by atoms with E-state index in [4.69, 9.17) is 4.74 Å². The second kappa shape index (κ2) is 9.20. The number of amides is 3. The van der Waals surface area contributed by atoms with E-state index in [-0.39, 0.29) is 24.3 Å². The first kappa shape index (κ1) is 25.1. The number of aromatic amines is 1. The number of piperidine rings is 1. The summed E-state index contributed by atoms with van der Waals surface area (Å²) in [5.74, 6) is -0.204. The van der Waals surface area contributed by atoms with Gasteiger partial charge in [-0.1, -0.05) is 22.0 Å². The SMILES string of the molecule is CC1(C)COCCN1C(=O)CN1C(=O)C2(CCN(C(=O)c3ccc4[nH]ncc4c3)CC2)c2c(Br)cccc21. The van der Waals surface area contributed by atoms with Gasteiger partial charge < -0.3 is 19.4 Å². The zero-order chi connectivity index (χ0) is 26.7. The fourth-order valence-electron chi connectivity index (χ4n) is 6.20. The topological polar surface area (TPSA) is 98.8 Å². The Hall–Kier alpha value is -3.24. The number of rotatable bonds is 3. The Kier molecular flexibility index (Phi) is 6.07. The number of halogens is 1. The summed E-state index contributed by atoms with van der Waals surface area (Å²) in [5, 5.41) is 7.83. The third-order valence-electron chi connectivity index (χ3n) is 8.25. The van der Waals surface area contributed by atoms with E-state index in [0.717, 1.165) is 26.6 Å². The minimum Gasteiger partial charge on any atom is -0.377 e. The average Bonchev–Trinajstić information content (AvgIpc) is 3.46. The van der Waals surface area contributed by atoms with Gasteiger partial charge in [0.25, 0.3) is 5.91 Å². The molecular formula is C28H30BrN5O4. The number of morpholine rings is 1. The Balaban J connectivity index is 1.24. The van der Waals surface area contributed by atoms with E-state index in [1.807, 2.05) is 54.0 Å². The third kappa shape index (κ3) is 3.92. The molecule has 3 aromatic rings. The number of H-pyrrole nitrogens is 1. The van der Waals surface area contributed by atoms with Crippen LogP contribution in [0.5, 0.6) is 0 Å². The minimum absolute atomic E-state index is 0.0131. The van der Waals surface area contributed by atoms with Gasteiger partial charge in [0.15, 0.2) is 0 Å². The van der Waals surface area contributed by atoms with Gasteiger partial charge in [-0.15, -0.1) is 0 Å².